The Kier molecular flexibility index (Phi) is 7.97. The van der Waals surface area contributed by atoms with E-state index in [2.05, 4.69) is 20.3 Å². The van der Waals surface area contributed by atoms with Crippen molar-refractivity contribution >= 4 is 16.0 Å². The van der Waals surface area contributed by atoms with E-state index in [-0.39, 0.29) is 18.1 Å². The summed E-state index contributed by atoms with van der Waals surface area (Å²) in [6.45, 7) is 6.94. The predicted octanol–water partition coefficient (Wildman–Crippen LogP) is 1.13. The topological polar surface area (TPSA) is 82.6 Å². The van der Waals surface area contributed by atoms with E-state index >= 15 is 0 Å². The van der Waals surface area contributed by atoms with Crippen LogP contribution in [0.1, 0.15) is 25.0 Å². The van der Waals surface area contributed by atoms with E-state index in [0.717, 1.165) is 5.56 Å². The maximum Gasteiger partial charge on any atom is 0.211 e. The largest absolute Gasteiger partial charge is 0.357 e. The Morgan fingerprint density at radius 2 is 1.96 bits per heavy atom. The Labute approximate surface area is 137 Å². The molecule has 8 heteroatoms. The van der Waals surface area contributed by atoms with Gasteiger partial charge in [0.15, 0.2) is 5.96 Å². The number of nitrogens with zero attached hydrogens (tertiary/aromatic N) is 1. The van der Waals surface area contributed by atoms with Gasteiger partial charge in [0, 0.05) is 19.6 Å². The van der Waals surface area contributed by atoms with Gasteiger partial charge in [-0.15, -0.1) is 0 Å². The van der Waals surface area contributed by atoms with E-state index in [1.807, 2.05) is 13.0 Å². The molecule has 1 aromatic rings. The van der Waals surface area contributed by atoms with E-state index < -0.39 is 10.0 Å². The van der Waals surface area contributed by atoms with Crippen LogP contribution >= 0.6 is 0 Å². The van der Waals surface area contributed by atoms with Crippen LogP contribution in [0.25, 0.3) is 0 Å². The van der Waals surface area contributed by atoms with Gasteiger partial charge in [0.1, 0.15) is 5.82 Å². The number of aliphatic imine (C=N–C) groups is 1. The fraction of sp³-hybridized carbons (Fsp3) is 0.533. The summed E-state index contributed by atoms with van der Waals surface area (Å²) in [6, 6.07) is 5.03. The molecule has 0 atom stereocenters. The van der Waals surface area contributed by atoms with Crippen LogP contribution in [-0.2, 0) is 16.6 Å². The lowest BCUT2D eigenvalue weighted by atomic mass is 10.1. The molecular formula is C15H25FN4O2S. The number of rotatable bonds is 8. The van der Waals surface area contributed by atoms with Crippen molar-refractivity contribution < 1.29 is 12.8 Å². The van der Waals surface area contributed by atoms with Gasteiger partial charge in [0.25, 0.3) is 0 Å². The van der Waals surface area contributed by atoms with E-state index in [4.69, 9.17) is 0 Å². The second-order valence-electron chi connectivity index (χ2n) is 5.00. The molecule has 0 radical (unpaired) electrons. The Balaban J connectivity index is 2.54. The van der Waals surface area contributed by atoms with Crippen molar-refractivity contribution in [3.05, 3.63) is 35.1 Å². The van der Waals surface area contributed by atoms with Gasteiger partial charge in [0.05, 0.1) is 12.3 Å². The minimum Gasteiger partial charge on any atom is -0.357 e. The van der Waals surface area contributed by atoms with Crippen LogP contribution < -0.4 is 15.4 Å². The maximum absolute atomic E-state index is 13.5. The zero-order chi connectivity index (χ0) is 17.3. The highest BCUT2D eigenvalue weighted by Gasteiger charge is 2.05. The molecule has 0 unspecified atom stereocenters. The van der Waals surface area contributed by atoms with Crippen LogP contribution in [0.4, 0.5) is 4.39 Å². The van der Waals surface area contributed by atoms with E-state index in [1.54, 1.807) is 19.9 Å². The number of guanidine groups is 1. The van der Waals surface area contributed by atoms with Gasteiger partial charge in [-0.3, -0.25) is 0 Å². The molecule has 130 valence electrons. The van der Waals surface area contributed by atoms with Crippen molar-refractivity contribution in [3.63, 3.8) is 0 Å². The molecule has 1 aromatic carbocycles. The summed E-state index contributed by atoms with van der Waals surface area (Å²) in [4.78, 5) is 4.36. The minimum absolute atomic E-state index is 0.0557. The zero-order valence-corrected chi connectivity index (χ0v) is 14.6. The monoisotopic (exact) mass is 344 g/mol. The molecule has 0 aliphatic heterocycles. The number of nitrogens with one attached hydrogen (secondary N) is 3. The fourth-order valence-corrected chi connectivity index (χ4v) is 2.35. The molecule has 0 heterocycles. The molecule has 0 amide bonds. The Hall–Kier alpha value is -1.67. The molecule has 23 heavy (non-hydrogen) atoms. The first kappa shape index (κ1) is 19.4. The molecule has 0 aromatic heterocycles. The molecule has 0 saturated carbocycles. The van der Waals surface area contributed by atoms with Crippen LogP contribution in [-0.4, -0.2) is 39.8 Å². The van der Waals surface area contributed by atoms with E-state index in [9.17, 15) is 12.8 Å². The SMILES string of the molecule is CCNC(=NCc1ccc(C)c(F)c1)NCCNS(=O)(=O)CC. The summed E-state index contributed by atoms with van der Waals surface area (Å²) in [7, 11) is -3.19. The lowest BCUT2D eigenvalue weighted by Gasteiger charge is -2.12. The number of hydrogen-bond acceptors (Lipinski definition) is 3. The summed E-state index contributed by atoms with van der Waals surface area (Å²) >= 11 is 0. The van der Waals surface area contributed by atoms with Crippen molar-refractivity contribution in [2.75, 3.05) is 25.4 Å². The summed E-state index contributed by atoms with van der Waals surface area (Å²) < 4.78 is 38.6. The molecule has 0 spiro atoms. The molecule has 0 aliphatic rings. The molecule has 0 saturated heterocycles. The van der Waals surface area contributed by atoms with Crippen LogP contribution in [0.2, 0.25) is 0 Å². The van der Waals surface area contributed by atoms with Gasteiger partial charge in [-0.2, -0.15) is 0 Å². The molecule has 6 nitrogen and oxygen atoms in total. The number of benzene rings is 1. The number of aryl methyl sites for hydroxylation is 1. The lowest BCUT2D eigenvalue weighted by Crippen LogP contribution is -2.41. The second kappa shape index (κ2) is 9.46. The first-order valence-corrected chi connectivity index (χ1v) is 9.27. The number of halogens is 1. The molecule has 0 bridgehead atoms. The average molecular weight is 344 g/mol. The predicted molar refractivity (Wildman–Crippen MR) is 91.4 cm³/mol. The van der Waals surface area contributed by atoms with Gasteiger partial charge < -0.3 is 10.6 Å². The minimum atomic E-state index is -3.19. The van der Waals surface area contributed by atoms with Crippen molar-refractivity contribution in [2.45, 2.75) is 27.3 Å². The molecular weight excluding hydrogens is 319 g/mol. The highest BCUT2D eigenvalue weighted by molar-refractivity contribution is 7.89. The Bertz CT molecular complexity index is 632. The Morgan fingerprint density at radius 3 is 2.57 bits per heavy atom. The summed E-state index contributed by atoms with van der Waals surface area (Å²) in [6.07, 6.45) is 0. The van der Waals surface area contributed by atoms with Crippen LogP contribution in [0.15, 0.2) is 23.2 Å². The first-order chi connectivity index (χ1) is 10.9. The zero-order valence-electron chi connectivity index (χ0n) is 13.8. The van der Waals surface area contributed by atoms with Gasteiger partial charge in [-0.25, -0.2) is 22.5 Å². The molecule has 3 N–H and O–H groups in total. The first-order valence-electron chi connectivity index (χ1n) is 7.62. The van der Waals surface area contributed by atoms with E-state index in [0.29, 0.717) is 31.2 Å². The van der Waals surface area contributed by atoms with Crippen LogP contribution in [0, 0.1) is 12.7 Å². The number of sulfonamides is 1. The Morgan fingerprint density at radius 1 is 1.22 bits per heavy atom. The standard InChI is InChI=1S/C15H25FN4O2S/c1-4-17-15(18-8-9-20-23(21,22)5-2)19-11-13-7-6-12(3)14(16)10-13/h6-7,10,20H,4-5,8-9,11H2,1-3H3,(H2,17,18,19). The van der Waals surface area contributed by atoms with Crippen molar-refractivity contribution in [3.8, 4) is 0 Å². The number of hydrogen-bond donors (Lipinski definition) is 3. The van der Waals surface area contributed by atoms with Crippen LogP contribution in [0.5, 0.6) is 0 Å². The summed E-state index contributed by atoms with van der Waals surface area (Å²) in [5.74, 6) is 0.369. The van der Waals surface area contributed by atoms with Crippen molar-refractivity contribution in [1.29, 1.82) is 0 Å². The maximum atomic E-state index is 13.5. The van der Waals surface area contributed by atoms with Crippen molar-refractivity contribution in [2.24, 2.45) is 4.99 Å². The van der Waals surface area contributed by atoms with Crippen LogP contribution in [0.3, 0.4) is 0 Å². The fourth-order valence-electron chi connectivity index (χ4n) is 1.74. The summed E-state index contributed by atoms with van der Waals surface area (Å²) in [5, 5.41) is 6.09. The van der Waals surface area contributed by atoms with Gasteiger partial charge in [-0.1, -0.05) is 12.1 Å². The molecule has 0 fully saturated rings. The van der Waals surface area contributed by atoms with Crippen molar-refractivity contribution in [1.82, 2.24) is 15.4 Å². The smallest absolute Gasteiger partial charge is 0.211 e. The summed E-state index contributed by atoms with van der Waals surface area (Å²) in [5.41, 5.74) is 1.38. The highest BCUT2D eigenvalue weighted by Crippen LogP contribution is 2.09. The third-order valence-electron chi connectivity index (χ3n) is 3.12. The van der Waals surface area contributed by atoms with Gasteiger partial charge in [0.2, 0.25) is 10.0 Å². The second-order valence-corrected chi connectivity index (χ2v) is 7.10. The van der Waals surface area contributed by atoms with E-state index in [1.165, 1.54) is 6.07 Å². The third kappa shape index (κ3) is 7.43. The highest BCUT2D eigenvalue weighted by atomic mass is 32.2. The average Bonchev–Trinajstić information content (AvgIpc) is 2.52. The lowest BCUT2D eigenvalue weighted by molar-refractivity contribution is 0.582. The van der Waals surface area contributed by atoms with Gasteiger partial charge in [-0.05, 0) is 38.0 Å². The normalized spacial score (nSPS) is 12.3. The third-order valence-corrected chi connectivity index (χ3v) is 4.52. The molecule has 0 aliphatic carbocycles. The van der Waals surface area contributed by atoms with Gasteiger partial charge >= 0.3 is 0 Å². The quantitative estimate of drug-likeness (QED) is 0.375. The molecule has 1 rings (SSSR count).